The van der Waals surface area contributed by atoms with Crippen LogP contribution < -0.4 is 5.32 Å². The smallest absolute Gasteiger partial charge is 0.274 e. The second-order valence-electron chi connectivity index (χ2n) is 5.87. The molecule has 126 valence electrons. The van der Waals surface area contributed by atoms with Gasteiger partial charge in [0.15, 0.2) is 0 Å². The van der Waals surface area contributed by atoms with Gasteiger partial charge in [-0.1, -0.05) is 48.5 Å². The van der Waals surface area contributed by atoms with E-state index in [0.29, 0.717) is 18.1 Å². The van der Waals surface area contributed by atoms with E-state index in [9.17, 15) is 4.79 Å². The Morgan fingerprint density at radius 1 is 1.00 bits per heavy atom. The van der Waals surface area contributed by atoms with Gasteiger partial charge in [0.25, 0.3) is 5.91 Å². The first-order chi connectivity index (χ1) is 12.1. The van der Waals surface area contributed by atoms with Crippen molar-refractivity contribution in [3.05, 3.63) is 83.8 Å². The van der Waals surface area contributed by atoms with Crippen LogP contribution in [0.5, 0.6) is 0 Å². The highest BCUT2D eigenvalue weighted by molar-refractivity contribution is 5.91. The van der Waals surface area contributed by atoms with Gasteiger partial charge in [0, 0.05) is 19.3 Å². The van der Waals surface area contributed by atoms with Crippen molar-refractivity contribution in [2.24, 2.45) is 0 Å². The molecule has 0 radical (unpaired) electrons. The summed E-state index contributed by atoms with van der Waals surface area (Å²) in [5.74, 6) is 0.454. The van der Waals surface area contributed by atoms with Gasteiger partial charge in [-0.3, -0.25) is 4.79 Å². The van der Waals surface area contributed by atoms with Crippen molar-refractivity contribution in [3.63, 3.8) is 0 Å². The molecule has 0 aliphatic rings. The van der Waals surface area contributed by atoms with Crippen LogP contribution >= 0.6 is 0 Å². The molecule has 0 atom stereocenters. The van der Waals surface area contributed by atoms with Crippen LogP contribution in [0.25, 0.3) is 0 Å². The molecule has 0 unspecified atom stereocenters. The Balaban J connectivity index is 1.67. The largest absolute Gasteiger partial charge is 0.339 e. The Labute approximate surface area is 147 Å². The van der Waals surface area contributed by atoms with Gasteiger partial charge in [-0.15, -0.1) is 0 Å². The molecule has 25 heavy (non-hydrogen) atoms. The number of carbonyl (C=O) groups is 1. The molecule has 0 saturated heterocycles. The lowest BCUT2D eigenvalue weighted by molar-refractivity contribution is 0.0779. The Morgan fingerprint density at radius 2 is 1.72 bits per heavy atom. The van der Waals surface area contributed by atoms with E-state index in [2.05, 4.69) is 15.3 Å². The van der Waals surface area contributed by atoms with Gasteiger partial charge in [-0.2, -0.15) is 0 Å². The fourth-order valence-corrected chi connectivity index (χ4v) is 2.48. The van der Waals surface area contributed by atoms with Crippen LogP contribution in [-0.2, 0) is 6.54 Å². The van der Waals surface area contributed by atoms with E-state index in [1.165, 1.54) is 6.20 Å². The zero-order valence-corrected chi connectivity index (χ0v) is 14.3. The number of carbonyl (C=O) groups excluding carboxylic acids is 1. The maximum atomic E-state index is 12.5. The molecule has 1 aromatic heterocycles. The molecule has 3 aromatic rings. The van der Waals surface area contributed by atoms with E-state index in [-0.39, 0.29) is 5.91 Å². The summed E-state index contributed by atoms with van der Waals surface area (Å²) in [4.78, 5) is 22.7. The molecule has 5 nitrogen and oxygen atoms in total. The minimum Gasteiger partial charge on any atom is -0.339 e. The number of hydrogen-bond donors (Lipinski definition) is 1. The van der Waals surface area contributed by atoms with E-state index in [1.807, 2.05) is 61.5 Å². The van der Waals surface area contributed by atoms with Gasteiger partial charge >= 0.3 is 0 Å². The summed E-state index contributed by atoms with van der Waals surface area (Å²) in [6, 6.07) is 17.8. The number of amides is 1. The van der Waals surface area contributed by atoms with Crippen LogP contribution in [0.1, 0.15) is 21.6 Å². The third-order valence-electron chi connectivity index (χ3n) is 3.89. The summed E-state index contributed by atoms with van der Waals surface area (Å²) < 4.78 is 0. The molecule has 0 bridgehead atoms. The van der Waals surface area contributed by atoms with Gasteiger partial charge in [0.1, 0.15) is 11.5 Å². The van der Waals surface area contributed by atoms with Gasteiger partial charge in [0.2, 0.25) is 0 Å². The van der Waals surface area contributed by atoms with Crippen molar-refractivity contribution in [3.8, 4) is 0 Å². The van der Waals surface area contributed by atoms with Gasteiger partial charge in [0.05, 0.1) is 12.4 Å². The molecular weight excluding hydrogens is 312 g/mol. The monoisotopic (exact) mass is 332 g/mol. The number of para-hydroxylation sites is 1. The lowest BCUT2D eigenvalue weighted by atomic mass is 10.2. The number of nitrogens with one attached hydrogen (secondary N) is 1. The first-order valence-corrected chi connectivity index (χ1v) is 8.07. The van der Waals surface area contributed by atoms with Crippen LogP contribution in [-0.4, -0.2) is 27.8 Å². The predicted molar refractivity (Wildman–Crippen MR) is 98.7 cm³/mol. The lowest BCUT2D eigenvalue weighted by Gasteiger charge is -2.16. The number of anilines is 2. The summed E-state index contributed by atoms with van der Waals surface area (Å²) in [5, 5.41) is 3.21. The molecule has 1 amide bonds. The lowest BCUT2D eigenvalue weighted by Crippen LogP contribution is -2.27. The van der Waals surface area contributed by atoms with Gasteiger partial charge in [-0.25, -0.2) is 9.97 Å². The fourth-order valence-electron chi connectivity index (χ4n) is 2.48. The highest BCUT2D eigenvalue weighted by Gasteiger charge is 2.14. The van der Waals surface area contributed by atoms with Crippen molar-refractivity contribution in [2.75, 3.05) is 12.4 Å². The highest BCUT2D eigenvalue weighted by Crippen LogP contribution is 2.18. The van der Waals surface area contributed by atoms with Crippen LogP contribution in [0.2, 0.25) is 0 Å². The molecule has 3 rings (SSSR count). The Kier molecular flexibility index (Phi) is 5.04. The minimum absolute atomic E-state index is 0.154. The Morgan fingerprint density at radius 3 is 2.40 bits per heavy atom. The molecule has 0 fully saturated rings. The van der Waals surface area contributed by atoms with Crippen LogP contribution in [0.4, 0.5) is 11.5 Å². The molecule has 5 heteroatoms. The normalized spacial score (nSPS) is 10.3. The molecule has 0 spiro atoms. The standard InChI is InChI=1S/C20H20N4O/c1-15-8-6-7-11-17(15)23-19-13-21-18(12-22-19)20(25)24(2)14-16-9-4-3-5-10-16/h3-13H,14H2,1-2H3,(H,22,23). The van der Waals surface area contributed by atoms with Crippen molar-refractivity contribution >= 4 is 17.4 Å². The topological polar surface area (TPSA) is 58.1 Å². The number of benzene rings is 2. The predicted octanol–water partition coefficient (Wildman–Crippen LogP) is 3.80. The van der Waals surface area contributed by atoms with Crippen molar-refractivity contribution in [1.29, 1.82) is 0 Å². The van der Waals surface area contributed by atoms with Gasteiger partial charge in [-0.05, 0) is 24.1 Å². The average Bonchev–Trinajstić information content (AvgIpc) is 2.64. The van der Waals surface area contributed by atoms with Crippen LogP contribution in [0.3, 0.4) is 0 Å². The number of nitrogens with zero attached hydrogens (tertiary/aromatic N) is 3. The van der Waals surface area contributed by atoms with E-state index in [1.54, 1.807) is 18.1 Å². The minimum atomic E-state index is -0.154. The van der Waals surface area contributed by atoms with Gasteiger partial charge < -0.3 is 10.2 Å². The first kappa shape index (κ1) is 16.6. The zero-order valence-electron chi connectivity index (χ0n) is 14.3. The van der Waals surface area contributed by atoms with Crippen molar-refractivity contribution in [2.45, 2.75) is 13.5 Å². The van der Waals surface area contributed by atoms with E-state index in [0.717, 1.165) is 16.8 Å². The van der Waals surface area contributed by atoms with Crippen molar-refractivity contribution in [1.82, 2.24) is 14.9 Å². The van der Waals surface area contributed by atoms with Crippen LogP contribution in [0, 0.1) is 6.92 Å². The third-order valence-corrected chi connectivity index (χ3v) is 3.89. The van der Waals surface area contributed by atoms with Crippen LogP contribution in [0.15, 0.2) is 67.0 Å². The molecule has 0 aliphatic heterocycles. The SMILES string of the molecule is Cc1ccccc1Nc1cnc(C(=O)N(C)Cc2ccccc2)cn1. The Bertz CT molecular complexity index is 847. The Hall–Kier alpha value is -3.21. The fraction of sp³-hybridized carbons (Fsp3) is 0.150. The second kappa shape index (κ2) is 7.57. The number of aryl methyl sites for hydroxylation is 1. The summed E-state index contributed by atoms with van der Waals surface area (Å²) in [5.41, 5.74) is 3.49. The third kappa shape index (κ3) is 4.20. The number of aromatic nitrogens is 2. The van der Waals surface area contributed by atoms with E-state index >= 15 is 0 Å². The van der Waals surface area contributed by atoms with E-state index < -0.39 is 0 Å². The first-order valence-electron chi connectivity index (χ1n) is 8.07. The van der Waals surface area contributed by atoms with E-state index in [4.69, 9.17) is 0 Å². The quantitative estimate of drug-likeness (QED) is 0.772. The second-order valence-corrected chi connectivity index (χ2v) is 5.87. The summed E-state index contributed by atoms with van der Waals surface area (Å²) in [7, 11) is 1.76. The summed E-state index contributed by atoms with van der Waals surface area (Å²) >= 11 is 0. The number of hydrogen-bond acceptors (Lipinski definition) is 4. The number of rotatable bonds is 5. The molecule has 0 saturated carbocycles. The molecular formula is C20H20N4O. The maximum absolute atomic E-state index is 12.5. The summed E-state index contributed by atoms with van der Waals surface area (Å²) in [6.07, 6.45) is 3.08. The zero-order chi connectivity index (χ0) is 17.6. The van der Waals surface area contributed by atoms with Crippen molar-refractivity contribution < 1.29 is 4.79 Å². The molecule has 2 aromatic carbocycles. The molecule has 1 N–H and O–H groups in total. The summed E-state index contributed by atoms with van der Waals surface area (Å²) in [6.45, 7) is 2.55. The highest BCUT2D eigenvalue weighted by atomic mass is 16.2. The molecule has 0 aliphatic carbocycles. The average molecular weight is 332 g/mol. The molecule has 1 heterocycles. The maximum Gasteiger partial charge on any atom is 0.274 e.